The van der Waals surface area contributed by atoms with Gasteiger partial charge in [-0.15, -0.1) is 0 Å². The van der Waals surface area contributed by atoms with Crippen LogP contribution in [0.1, 0.15) is 31.7 Å². The predicted molar refractivity (Wildman–Crippen MR) is 95.4 cm³/mol. The van der Waals surface area contributed by atoms with E-state index in [9.17, 15) is 14.7 Å². The molecule has 2 N–H and O–H groups in total. The summed E-state index contributed by atoms with van der Waals surface area (Å²) in [5, 5.41) is 12.5. The van der Waals surface area contributed by atoms with Gasteiger partial charge < -0.3 is 24.8 Å². The van der Waals surface area contributed by atoms with E-state index in [0.717, 1.165) is 18.4 Å². The molecule has 0 aromatic heterocycles. The molecule has 2 amide bonds. The fourth-order valence-electron chi connectivity index (χ4n) is 4.18. The van der Waals surface area contributed by atoms with E-state index in [1.807, 2.05) is 25.1 Å². The van der Waals surface area contributed by atoms with Crippen LogP contribution in [0, 0.1) is 11.3 Å². The molecule has 1 aromatic rings. The van der Waals surface area contributed by atoms with Crippen molar-refractivity contribution in [3.8, 4) is 11.5 Å². The van der Waals surface area contributed by atoms with Crippen molar-refractivity contribution in [2.75, 3.05) is 26.8 Å². The van der Waals surface area contributed by atoms with Gasteiger partial charge in [-0.2, -0.15) is 0 Å². The third-order valence-electron chi connectivity index (χ3n) is 5.56. The van der Waals surface area contributed by atoms with Crippen LogP contribution in [0.5, 0.6) is 11.5 Å². The van der Waals surface area contributed by atoms with E-state index in [1.54, 1.807) is 12.0 Å². The summed E-state index contributed by atoms with van der Waals surface area (Å²) in [6.45, 7) is 3.62. The number of methoxy groups -OCH3 is 1. The van der Waals surface area contributed by atoms with E-state index in [2.05, 4.69) is 5.32 Å². The molecule has 1 saturated heterocycles. The molecule has 1 aliphatic heterocycles. The van der Waals surface area contributed by atoms with Crippen molar-refractivity contribution >= 4 is 12.0 Å². The predicted octanol–water partition coefficient (Wildman–Crippen LogP) is 2.49. The Hall–Kier alpha value is -2.44. The van der Waals surface area contributed by atoms with E-state index >= 15 is 0 Å². The Kier molecular flexibility index (Phi) is 5.25. The van der Waals surface area contributed by atoms with Gasteiger partial charge in [0.15, 0.2) is 11.5 Å². The van der Waals surface area contributed by atoms with Gasteiger partial charge in [-0.1, -0.05) is 12.5 Å². The summed E-state index contributed by atoms with van der Waals surface area (Å²) in [7, 11) is 1.58. The maximum atomic E-state index is 12.5. The molecule has 0 radical (unpaired) electrons. The number of rotatable bonds is 6. The number of urea groups is 1. The van der Waals surface area contributed by atoms with Crippen LogP contribution < -0.4 is 14.8 Å². The van der Waals surface area contributed by atoms with E-state index in [0.29, 0.717) is 44.2 Å². The van der Waals surface area contributed by atoms with Crippen LogP contribution in [-0.2, 0) is 11.3 Å². The highest BCUT2D eigenvalue weighted by Crippen LogP contribution is 2.48. The number of carboxylic acids is 1. The molecule has 1 heterocycles. The molecule has 1 aromatic carbocycles. The van der Waals surface area contributed by atoms with Gasteiger partial charge in [-0.05, 0) is 43.4 Å². The van der Waals surface area contributed by atoms with Crippen molar-refractivity contribution in [3.63, 3.8) is 0 Å². The first-order chi connectivity index (χ1) is 12.5. The topological polar surface area (TPSA) is 88.1 Å². The molecule has 0 unspecified atom stereocenters. The summed E-state index contributed by atoms with van der Waals surface area (Å²) in [6, 6.07) is 5.32. The number of nitrogens with one attached hydrogen (secondary N) is 1. The van der Waals surface area contributed by atoms with Gasteiger partial charge in [0.1, 0.15) is 0 Å². The largest absolute Gasteiger partial charge is 0.493 e. The molecular weight excluding hydrogens is 336 g/mol. The minimum atomic E-state index is -0.772. The highest BCUT2D eigenvalue weighted by Gasteiger charge is 2.55. The fourth-order valence-corrected chi connectivity index (χ4v) is 4.18. The van der Waals surface area contributed by atoms with Gasteiger partial charge in [0, 0.05) is 19.6 Å². The Balaban J connectivity index is 1.60. The Morgan fingerprint density at radius 1 is 1.38 bits per heavy atom. The monoisotopic (exact) mass is 362 g/mol. The van der Waals surface area contributed by atoms with Gasteiger partial charge in [0.25, 0.3) is 0 Å². The molecule has 7 nitrogen and oxygen atoms in total. The first-order valence-corrected chi connectivity index (χ1v) is 9.06. The van der Waals surface area contributed by atoms with Crippen molar-refractivity contribution in [1.82, 2.24) is 10.2 Å². The van der Waals surface area contributed by atoms with Crippen molar-refractivity contribution in [1.29, 1.82) is 0 Å². The lowest BCUT2D eigenvalue weighted by Crippen LogP contribution is -2.41. The first-order valence-electron chi connectivity index (χ1n) is 9.06. The van der Waals surface area contributed by atoms with Crippen LogP contribution in [0.2, 0.25) is 0 Å². The third-order valence-corrected chi connectivity index (χ3v) is 5.56. The fraction of sp³-hybridized carbons (Fsp3) is 0.579. The molecule has 1 saturated carbocycles. The van der Waals surface area contributed by atoms with Crippen LogP contribution in [0.4, 0.5) is 4.79 Å². The molecule has 1 aliphatic carbocycles. The number of likely N-dealkylation sites (tertiary alicyclic amines) is 1. The van der Waals surface area contributed by atoms with Gasteiger partial charge in [-0.25, -0.2) is 4.79 Å². The van der Waals surface area contributed by atoms with Crippen molar-refractivity contribution < 1.29 is 24.2 Å². The Morgan fingerprint density at radius 2 is 2.19 bits per heavy atom. The third kappa shape index (κ3) is 3.30. The minimum Gasteiger partial charge on any atom is -0.493 e. The number of aliphatic carboxylic acids is 1. The van der Waals surface area contributed by atoms with Crippen molar-refractivity contribution in [2.24, 2.45) is 11.3 Å². The molecule has 2 fully saturated rings. The second-order valence-electron chi connectivity index (χ2n) is 7.01. The van der Waals surface area contributed by atoms with Crippen LogP contribution >= 0.6 is 0 Å². The van der Waals surface area contributed by atoms with Crippen LogP contribution in [0.15, 0.2) is 18.2 Å². The zero-order chi connectivity index (χ0) is 18.7. The van der Waals surface area contributed by atoms with E-state index < -0.39 is 11.4 Å². The standard InChI is InChI=1S/C19H26N2O5/c1-3-26-15-7-6-13(9-16(15)25-2)10-20-18(24)21-11-14-5-4-8-19(14,12-21)17(22)23/h6-7,9,14H,3-5,8,10-12H2,1-2H3,(H,20,24)(H,22,23)/t14-,19+/m0/s1. The SMILES string of the molecule is CCOc1ccc(CNC(=O)N2C[C@@H]3CCC[C@@]3(C(=O)O)C2)cc1OC. The summed E-state index contributed by atoms with van der Waals surface area (Å²) in [6.07, 6.45) is 2.47. The number of ether oxygens (including phenoxy) is 2. The van der Waals surface area contributed by atoms with Gasteiger partial charge in [-0.3, -0.25) is 4.79 Å². The number of hydrogen-bond donors (Lipinski definition) is 2. The summed E-state index contributed by atoms with van der Waals surface area (Å²) < 4.78 is 10.8. The smallest absolute Gasteiger partial charge is 0.317 e. The molecular formula is C19H26N2O5. The number of benzene rings is 1. The number of fused-ring (bicyclic) bond motifs is 1. The van der Waals surface area contributed by atoms with E-state index in [4.69, 9.17) is 9.47 Å². The molecule has 26 heavy (non-hydrogen) atoms. The van der Waals surface area contributed by atoms with Gasteiger partial charge >= 0.3 is 12.0 Å². The summed E-state index contributed by atoms with van der Waals surface area (Å²) >= 11 is 0. The lowest BCUT2D eigenvalue weighted by molar-refractivity contribution is -0.149. The van der Waals surface area contributed by atoms with Crippen LogP contribution in [0.3, 0.4) is 0 Å². The van der Waals surface area contributed by atoms with E-state index in [1.165, 1.54) is 0 Å². The molecule has 3 rings (SSSR count). The summed E-state index contributed by atoms with van der Waals surface area (Å²) in [5.74, 6) is 0.586. The Morgan fingerprint density at radius 3 is 2.85 bits per heavy atom. The minimum absolute atomic E-state index is 0.0660. The summed E-state index contributed by atoms with van der Waals surface area (Å²) in [5.41, 5.74) is 0.144. The number of carbonyl (C=O) groups is 2. The van der Waals surface area contributed by atoms with Gasteiger partial charge in [0.05, 0.1) is 19.1 Å². The number of hydrogen-bond acceptors (Lipinski definition) is 4. The van der Waals surface area contributed by atoms with Crippen LogP contribution in [0.25, 0.3) is 0 Å². The molecule has 2 aliphatic rings. The van der Waals surface area contributed by atoms with Crippen molar-refractivity contribution in [2.45, 2.75) is 32.7 Å². The number of amides is 2. The average molecular weight is 362 g/mol. The molecule has 7 heteroatoms. The number of nitrogens with zero attached hydrogens (tertiary/aromatic N) is 1. The Bertz CT molecular complexity index is 693. The zero-order valence-corrected chi connectivity index (χ0v) is 15.3. The van der Waals surface area contributed by atoms with E-state index in [-0.39, 0.29) is 11.9 Å². The molecule has 0 bridgehead atoms. The number of carbonyl (C=O) groups excluding carboxylic acids is 1. The molecule has 142 valence electrons. The second kappa shape index (κ2) is 7.43. The van der Waals surface area contributed by atoms with Gasteiger partial charge in [0.2, 0.25) is 0 Å². The summed E-state index contributed by atoms with van der Waals surface area (Å²) in [4.78, 5) is 25.9. The average Bonchev–Trinajstić information content (AvgIpc) is 3.19. The normalized spacial score (nSPS) is 24.2. The molecule has 0 spiro atoms. The second-order valence-corrected chi connectivity index (χ2v) is 7.01. The molecule has 2 atom stereocenters. The highest BCUT2D eigenvalue weighted by atomic mass is 16.5. The Labute approximate surface area is 153 Å². The number of carboxylic acid groups (broad SMARTS) is 1. The lowest BCUT2D eigenvalue weighted by Gasteiger charge is -2.23. The van der Waals surface area contributed by atoms with Crippen LogP contribution in [-0.4, -0.2) is 48.8 Å². The quantitative estimate of drug-likeness (QED) is 0.812. The zero-order valence-electron chi connectivity index (χ0n) is 15.3. The maximum Gasteiger partial charge on any atom is 0.317 e. The lowest BCUT2D eigenvalue weighted by atomic mass is 9.81. The van der Waals surface area contributed by atoms with Crippen molar-refractivity contribution in [3.05, 3.63) is 23.8 Å². The first kappa shape index (κ1) is 18.4. The highest BCUT2D eigenvalue weighted by molar-refractivity contribution is 5.80. The maximum absolute atomic E-state index is 12.5.